The molecular formula is C12H17BrN2O. The number of anilines is 1. The second-order valence-electron chi connectivity index (χ2n) is 4.10. The Morgan fingerprint density at radius 3 is 3.06 bits per heavy atom. The Morgan fingerprint density at radius 1 is 1.56 bits per heavy atom. The van der Waals surface area contributed by atoms with Crippen LogP contribution in [0.15, 0.2) is 22.7 Å². The molecule has 0 saturated carbocycles. The number of hydrogen-bond donors (Lipinski definition) is 1. The number of nitrogens with zero attached hydrogens (tertiary/aromatic N) is 1. The Balaban J connectivity index is 2.26. The number of ether oxygens (including phenoxy) is 1. The van der Waals surface area contributed by atoms with Gasteiger partial charge in [0.1, 0.15) is 0 Å². The summed E-state index contributed by atoms with van der Waals surface area (Å²) in [5, 5.41) is 0. The fourth-order valence-corrected chi connectivity index (χ4v) is 2.39. The van der Waals surface area contributed by atoms with Crippen LogP contribution in [0.3, 0.4) is 0 Å². The second kappa shape index (κ2) is 5.17. The van der Waals surface area contributed by atoms with E-state index in [1.165, 1.54) is 11.3 Å². The summed E-state index contributed by atoms with van der Waals surface area (Å²) in [5.74, 6) is 0. The second-order valence-corrected chi connectivity index (χ2v) is 5.02. The van der Waals surface area contributed by atoms with E-state index in [4.69, 9.17) is 10.5 Å². The molecule has 1 aliphatic rings. The number of nitrogens with two attached hydrogens (primary N) is 1. The van der Waals surface area contributed by atoms with Crippen LogP contribution in [0.2, 0.25) is 0 Å². The lowest BCUT2D eigenvalue weighted by molar-refractivity contribution is 0.0532. The molecule has 88 valence electrons. The molecule has 1 saturated heterocycles. The van der Waals surface area contributed by atoms with Crippen molar-refractivity contribution in [2.24, 2.45) is 5.73 Å². The number of rotatable bonds is 2. The van der Waals surface area contributed by atoms with Crippen LogP contribution in [0.5, 0.6) is 0 Å². The Morgan fingerprint density at radius 2 is 2.38 bits per heavy atom. The van der Waals surface area contributed by atoms with Crippen molar-refractivity contribution in [2.75, 3.05) is 24.6 Å². The van der Waals surface area contributed by atoms with Crippen molar-refractivity contribution in [3.63, 3.8) is 0 Å². The summed E-state index contributed by atoms with van der Waals surface area (Å²) in [6, 6.07) is 6.26. The van der Waals surface area contributed by atoms with Gasteiger partial charge in [-0.3, -0.25) is 0 Å². The Kier molecular flexibility index (Phi) is 3.84. The third-order valence-electron chi connectivity index (χ3n) is 2.85. The fraction of sp³-hybridized carbons (Fsp3) is 0.500. The van der Waals surface area contributed by atoms with Crippen LogP contribution in [0.1, 0.15) is 12.5 Å². The summed E-state index contributed by atoms with van der Waals surface area (Å²) in [6.07, 6.45) is 0.290. The van der Waals surface area contributed by atoms with Gasteiger partial charge in [-0.25, -0.2) is 0 Å². The van der Waals surface area contributed by atoms with Crippen LogP contribution in [0, 0.1) is 0 Å². The van der Waals surface area contributed by atoms with Gasteiger partial charge in [-0.1, -0.05) is 22.0 Å². The minimum atomic E-state index is 0.290. The molecule has 1 heterocycles. The lowest BCUT2D eigenvalue weighted by Crippen LogP contribution is -2.41. The highest BCUT2D eigenvalue weighted by Crippen LogP contribution is 2.26. The summed E-state index contributed by atoms with van der Waals surface area (Å²) in [7, 11) is 0. The third kappa shape index (κ3) is 2.56. The zero-order valence-corrected chi connectivity index (χ0v) is 11.0. The van der Waals surface area contributed by atoms with Gasteiger partial charge in [0, 0.05) is 29.8 Å². The fourth-order valence-electron chi connectivity index (χ4n) is 2.04. The molecule has 1 fully saturated rings. The lowest BCUT2D eigenvalue weighted by Gasteiger charge is -2.34. The van der Waals surface area contributed by atoms with Crippen molar-refractivity contribution in [3.8, 4) is 0 Å². The van der Waals surface area contributed by atoms with Crippen molar-refractivity contribution in [3.05, 3.63) is 28.2 Å². The van der Waals surface area contributed by atoms with Crippen molar-refractivity contribution in [1.82, 2.24) is 0 Å². The van der Waals surface area contributed by atoms with Crippen molar-refractivity contribution >= 4 is 21.6 Å². The minimum Gasteiger partial charge on any atom is -0.375 e. The number of halogens is 1. The molecule has 0 aliphatic carbocycles. The molecule has 2 rings (SSSR count). The van der Waals surface area contributed by atoms with Crippen LogP contribution in [0.4, 0.5) is 5.69 Å². The summed E-state index contributed by atoms with van der Waals surface area (Å²) in [5.41, 5.74) is 8.19. The first-order valence-electron chi connectivity index (χ1n) is 5.55. The van der Waals surface area contributed by atoms with Crippen molar-refractivity contribution < 1.29 is 4.74 Å². The summed E-state index contributed by atoms with van der Waals surface area (Å²) in [4.78, 5) is 2.35. The maximum Gasteiger partial charge on any atom is 0.0722 e. The Labute approximate surface area is 105 Å². The lowest BCUT2D eigenvalue weighted by atomic mass is 10.1. The topological polar surface area (TPSA) is 38.5 Å². The van der Waals surface area contributed by atoms with Gasteiger partial charge in [0.05, 0.1) is 12.7 Å². The molecule has 1 aliphatic heterocycles. The van der Waals surface area contributed by atoms with E-state index >= 15 is 0 Å². The Bertz CT molecular complexity index is 370. The molecule has 0 amide bonds. The summed E-state index contributed by atoms with van der Waals surface area (Å²) >= 11 is 3.51. The summed E-state index contributed by atoms with van der Waals surface area (Å²) < 4.78 is 6.64. The van der Waals surface area contributed by atoms with E-state index in [-0.39, 0.29) is 0 Å². The molecular weight excluding hydrogens is 268 g/mol. The third-order valence-corrected chi connectivity index (χ3v) is 3.34. The first-order valence-corrected chi connectivity index (χ1v) is 6.35. The summed E-state index contributed by atoms with van der Waals surface area (Å²) in [6.45, 7) is 5.34. The van der Waals surface area contributed by atoms with Gasteiger partial charge in [-0.15, -0.1) is 0 Å². The maximum absolute atomic E-state index is 5.77. The predicted molar refractivity (Wildman–Crippen MR) is 69.7 cm³/mol. The molecule has 0 spiro atoms. The predicted octanol–water partition coefficient (Wildman–Crippen LogP) is 2.13. The largest absolute Gasteiger partial charge is 0.375 e. The van der Waals surface area contributed by atoms with Crippen LogP contribution < -0.4 is 10.6 Å². The van der Waals surface area contributed by atoms with E-state index in [1.54, 1.807) is 0 Å². The van der Waals surface area contributed by atoms with Gasteiger partial charge >= 0.3 is 0 Å². The van der Waals surface area contributed by atoms with E-state index in [2.05, 4.69) is 39.9 Å². The van der Waals surface area contributed by atoms with Crippen LogP contribution >= 0.6 is 15.9 Å². The van der Waals surface area contributed by atoms with E-state index in [0.717, 1.165) is 24.2 Å². The average molecular weight is 285 g/mol. The van der Waals surface area contributed by atoms with Gasteiger partial charge < -0.3 is 15.4 Å². The normalized spacial score (nSPS) is 21.2. The highest BCUT2D eigenvalue weighted by molar-refractivity contribution is 9.10. The van der Waals surface area contributed by atoms with E-state index < -0.39 is 0 Å². The Hall–Kier alpha value is -0.580. The molecule has 16 heavy (non-hydrogen) atoms. The van der Waals surface area contributed by atoms with Crippen LogP contribution in [-0.2, 0) is 11.3 Å². The number of benzene rings is 1. The van der Waals surface area contributed by atoms with Crippen molar-refractivity contribution in [1.29, 1.82) is 0 Å². The molecule has 0 bridgehead atoms. The van der Waals surface area contributed by atoms with Crippen LogP contribution in [-0.4, -0.2) is 25.8 Å². The molecule has 3 nitrogen and oxygen atoms in total. The SMILES string of the molecule is CC1CN(c2cc(Br)ccc2CN)CCO1. The quantitative estimate of drug-likeness (QED) is 0.904. The van der Waals surface area contributed by atoms with Crippen LogP contribution in [0.25, 0.3) is 0 Å². The van der Waals surface area contributed by atoms with Crippen molar-refractivity contribution in [2.45, 2.75) is 19.6 Å². The molecule has 1 atom stereocenters. The first kappa shape index (κ1) is 11.9. The molecule has 2 N–H and O–H groups in total. The molecule has 4 heteroatoms. The monoisotopic (exact) mass is 284 g/mol. The molecule has 1 aromatic rings. The van der Waals surface area contributed by atoms with E-state index in [9.17, 15) is 0 Å². The maximum atomic E-state index is 5.77. The first-order chi connectivity index (χ1) is 7.70. The molecule has 1 unspecified atom stereocenters. The molecule has 1 aromatic carbocycles. The van der Waals surface area contributed by atoms with Gasteiger partial charge in [0.2, 0.25) is 0 Å². The van der Waals surface area contributed by atoms with Gasteiger partial charge in [0.25, 0.3) is 0 Å². The smallest absolute Gasteiger partial charge is 0.0722 e. The number of hydrogen-bond acceptors (Lipinski definition) is 3. The minimum absolute atomic E-state index is 0.290. The van der Waals surface area contributed by atoms with Gasteiger partial charge in [-0.2, -0.15) is 0 Å². The zero-order chi connectivity index (χ0) is 11.5. The highest BCUT2D eigenvalue weighted by atomic mass is 79.9. The van der Waals surface area contributed by atoms with E-state index in [1.807, 2.05) is 6.07 Å². The standard InChI is InChI=1S/C12H17BrN2O/c1-9-8-15(4-5-16-9)12-6-11(13)3-2-10(12)7-14/h2-3,6,9H,4-5,7-8,14H2,1H3. The average Bonchev–Trinajstić information content (AvgIpc) is 2.29. The van der Waals surface area contributed by atoms with Gasteiger partial charge in [0.15, 0.2) is 0 Å². The number of morpholine rings is 1. The highest BCUT2D eigenvalue weighted by Gasteiger charge is 2.18. The van der Waals surface area contributed by atoms with Gasteiger partial charge in [-0.05, 0) is 24.6 Å². The zero-order valence-electron chi connectivity index (χ0n) is 9.45. The molecule has 0 aromatic heterocycles. The molecule has 0 radical (unpaired) electrons. The van der Waals surface area contributed by atoms with E-state index in [0.29, 0.717) is 12.6 Å².